The standard InChI is InChI=1S/C51H60N6O4/c1-31-23-43(56(29-31)47(58)60-49(3,4)5)45-52-27-41(54-45)35-15-11-33(12-16-35)37-19-20-38(40-26-51(25-39(37)40)21-9-10-22-51)34-13-17-36(18-14-34)42-28-53-46(55-42)44-24-32(2)30-57(44)48(59)61-50(6,7)8/h11-20,27-28,32,43-44H,1,9-10,21-26,29-30H2,2-8H3,(H,52,54)(H,53,55)/t32-,43?,44+/m1/s1. The van der Waals surface area contributed by atoms with Gasteiger partial charge in [-0.2, -0.15) is 0 Å². The summed E-state index contributed by atoms with van der Waals surface area (Å²) in [4.78, 5) is 46.3. The van der Waals surface area contributed by atoms with Gasteiger partial charge in [-0.15, -0.1) is 0 Å². The maximum absolute atomic E-state index is 13.1. The van der Waals surface area contributed by atoms with Gasteiger partial charge in [-0.3, -0.25) is 9.80 Å². The first kappa shape index (κ1) is 40.7. The molecule has 1 unspecified atom stereocenters. The van der Waals surface area contributed by atoms with E-state index < -0.39 is 11.2 Å². The zero-order valence-corrected chi connectivity index (χ0v) is 36.9. The molecule has 5 aromatic rings. The molecular formula is C51H60N6O4. The minimum Gasteiger partial charge on any atom is -0.444 e. The van der Waals surface area contributed by atoms with Crippen LogP contribution in [0.1, 0.15) is 122 Å². The average Bonchev–Trinajstić information content (AvgIpc) is 4.06. The number of likely N-dealkylation sites (tertiary alicyclic amines) is 2. The number of imidazole rings is 2. The van der Waals surface area contributed by atoms with Gasteiger partial charge in [0, 0.05) is 13.1 Å². The van der Waals surface area contributed by atoms with Crippen LogP contribution < -0.4 is 0 Å². The van der Waals surface area contributed by atoms with Crippen LogP contribution in [0.5, 0.6) is 0 Å². The Morgan fingerprint density at radius 3 is 1.64 bits per heavy atom. The molecule has 4 heterocycles. The monoisotopic (exact) mass is 820 g/mol. The van der Waals surface area contributed by atoms with Gasteiger partial charge in [0.1, 0.15) is 22.9 Å². The van der Waals surface area contributed by atoms with Crippen LogP contribution in [0.25, 0.3) is 44.8 Å². The molecule has 0 radical (unpaired) electrons. The minimum absolute atomic E-state index is 0.141. The lowest BCUT2D eigenvalue weighted by Gasteiger charge is -2.27. The second-order valence-corrected chi connectivity index (χ2v) is 20.3. The molecule has 318 valence electrons. The molecule has 3 aromatic carbocycles. The van der Waals surface area contributed by atoms with E-state index in [4.69, 9.17) is 19.4 Å². The fourth-order valence-corrected chi connectivity index (χ4v) is 10.3. The molecule has 1 saturated carbocycles. The predicted octanol–water partition coefficient (Wildman–Crippen LogP) is 12.0. The first-order chi connectivity index (χ1) is 29.0. The Bertz CT molecular complexity index is 2460. The van der Waals surface area contributed by atoms with E-state index in [1.165, 1.54) is 59.1 Å². The lowest BCUT2D eigenvalue weighted by molar-refractivity contribution is 0.0207. The summed E-state index contributed by atoms with van der Waals surface area (Å²) in [6.45, 7) is 18.8. The largest absolute Gasteiger partial charge is 0.444 e. The maximum atomic E-state index is 13.1. The van der Waals surface area contributed by atoms with Gasteiger partial charge >= 0.3 is 12.2 Å². The number of ether oxygens (including phenoxy) is 2. The number of benzene rings is 3. The van der Waals surface area contributed by atoms with Gasteiger partial charge < -0.3 is 19.4 Å². The fraction of sp³-hybridized carbons (Fsp3) is 0.451. The molecule has 3 atom stereocenters. The molecule has 61 heavy (non-hydrogen) atoms. The third kappa shape index (κ3) is 8.26. The number of aromatic amines is 2. The van der Waals surface area contributed by atoms with Gasteiger partial charge in [0.15, 0.2) is 0 Å². The second kappa shape index (κ2) is 15.4. The Morgan fingerprint density at radius 2 is 1.15 bits per heavy atom. The van der Waals surface area contributed by atoms with E-state index in [-0.39, 0.29) is 24.3 Å². The van der Waals surface area contributed by atoms with E-state index in [2.05, 4.69) is 84.1 Å². The summed E-state index contributed by atoms with van der Waals surface area (Å²) in [6.07, 6.45) is 12.0. The van der Waals surface area contributed by atoms with Gasteiger partial charge in [-0.1, -0.05) is 92.6 Å². The molecule has 2 N–H and O–H groups in total. The van der Waals surface area contributed by atoms with Crippen molar-refractivity contribution >= 4 is 12.2 Å². The van der Waals surface area contributed by atoms with Crippen molar-refractivity contribution in [3.8, 4) is 44.8 Å². The van der Waals surface area contributed by atoms with Gasteiger partial charge in [0.05, 0.1) is 35.9 Å². The summed E-state index contributed by atoms with van der Waals surface area (Å²) in [7, 11) is 0. The Hall–Kier alpha value is -5.64. The number of rotatable bonds is 6. The number of amides is 2. The summed E-state index contributed by atoms with van der Waals surface area (Å²) in [5.41, 5.74) is 12.2. The van der Waals surface area contributed by atoms with Crippen molar-refractivity contribution in [2.45, 2.75) is 123 Å². The molecule has 1 spiro atoms. The number of nitrogens with zero attached hydrogens (tertiary/aromatic N) is 4. The van der Waals surface area contributed by atoms with E-state index >= 15 is 0 Å². The molecule has 3 fully saturated rings. The molecule has 4 aliphatic rings. The van der Waals surface area contributed by atoms with Crippen molar-refractivity contribution in [1.82, 2.24) is 29.7 Å². The molecule has 2 saturated heterocycles. The highest BCUT2D eigenvalue weighted by Crippen LogP contribution is 2.53. The van der Waals surface area contributed by atoms with Crippen molar-refractivity contribution in [2.24, 2.45) is 11.3 Å². The topological polar surface area (TPSA) is 116 Å². The Labute approximate surface area is 360 Å². The average molecular weight is 821 g/mol. The Kier molecular flexibility index (Phi) is 10.3. The number of carbonyl (C=O) groups excluding carboxylic acids is 2. The molecule has 10 heteroatoms. The molecular weight excluding hydrogens is 761 g/mol. The van der Waals surface area contributed by atoms with Crippen molar-refractivity contribution in [3.05, 3.63) is 108 Å². The van der Waals surface area contributed by atoms with Crippen LogP contribution in [0.15, 0.2) is 85.2 Å². The lowest BCUT2D eigenvalue weighted by Crippen LogP contribution is -2.37. The van der Waals surface area contributed by atoms with Crippen molar-refractivity contribution in [3.63, 3.8) is 0 Å². The van der Waals surface area contributed by atoms with Crippen LogP contribution in [0, 0.1) is 11.3 Å². The number of hydrogen-bond donors (Lipinski definition) is 2. The molecule has 2 aromatic heterocycles. The zero-order chi connectivity index (χ0) is 42.8. The molecule has 0 bridgehead atoms. The van der Waals surface area contributed by atoms with Crippen molar-refractivity contribution in [1.29, 1.82) is 0 Å². The number of carbonyl (C=O) groups is 2. The van der Waals surface area contributed by atoms with E-state index in [1.54, 1.807) is 4.90 Å². The van der Waals surface area contributed by atoms with Gasteiger partial charge in [0.25, 0.3) is 0 Å². The molecule has 2 aliphatic heterocycles. The summed E-state index contributed by atoms with van der Waals surface area (Å²) in [5.74, 6) is 1.90. The van der Waals surface area contributed by atoms with Gasteiger partial charge in [-0.05, 0) is 136 Å². The quantitative estimate of drug-likeness (QED) is 0.165. The number of aromatic nitrogens is 4. The first-order valence-corrected chi connectivity index (χ1v) is 22.1. The van der Waals surface area contributed by atoms with Crippen LogP contribution in [0.4, 0.5) is 9.59 Å². The fourth-order valence-electron chi connectivity index (χ4n) is 10.3. The van der Waals surface area contributed by atoms with Gasteiger partial charge in [0.2, 0.25) is 0 Å². The molecule has 2 amide bonds. The Morgan fingerprint density at radius 1 is 0.689 bits per heavy atom. The van der Waals surface area contributed by atoms with Crippen LogP contribution in [0.2, 0.25) is 0 Å². The van der Waals surface area contributed by atoms with E-state index in [9.17, 15) is 9.59 Å². The normalized spacial score (nSPS) is 21.1. The maximum Gasteiger partial charge on any atom is 0.411 e. The predicted molar refractivity (Wildman–Crippen MR) is 240 cm³/mol. The molecule has 10 nitrogen and oxygen atoms in total. The highest BCUT2D eigenvalue weighted by atomic mass is 16.6. The molecule has 2 aliphatic carbocycles. The van der Waals surface area contributed by atoms with Crippen molar-refractivity contribution in [2.75, 3.05) is 13.1 Å². The molecule has 9 rings (SSSR count). The summed E-state index contributed by atoms with van der Waals surface area (Å²) >= 11 is 0. The lowest BCUT2D eigenvalue weighted by atomic mass is 9.82. The highest BCUT2D eigenvalue weighted by molar-refractivity contribution is 5.81. The highest BCUT2D eigenvalue weighted by Gasteiger charge is 2.42. The SMILES string of the molecule is C=C1CC(c2ncc(-c3ccc(-c4ccc(-c5ccc(-c6cnc([C@@H]7C[C@@H](C)CN7C(=O)OC(C)(C)C)[nH]6)cc5)c5c4CC4(CCCC4)C5)cc3)[nH]2)N(C(=O)OC(C)(C)C)C1. The number of fused-ring (bicyclic) bond motifs is 1. The van der Waals surface area contributed by atoms with Crippen LogP contribution >= 0.6 is 0 Å². The van der Waals surface area contributed by atoms with Crippen LogP contribution in [0.3, 0.4) is 0 Å². The van der Waals surface area contributed by atoms with E-state index in [0.29, 0.717) is 30.8 Å². The second-order valence-electron chi connectivity index (χ2n) is 20.3. The third-order valence-corrected chi connectivity index (χ3v) is 13.1. The van der Waals surface area contributed by atoms with Crippen LogP contribution in [-0.2, 0) is 22.3 Å². The smallest absolute Gasteiger partial charge is 0.411 e. The van der Waals surface area contributed by atoms with Crippen molar-refractivity contribution < 1.29 is 19.1 Å². The summed E-state index contributed by atoms with van der Waals surface area (Å²) in [5, 5.41) is 0. The summed E-state index contributed by atoms with van der Waals surface area (Å²) < 4.78 is 11.5. The first-order valence-electron chi connectivity index (χ1n) is 22.1. The van der Waals surface area contributed by atoms with Crippen LogP contribution in [-0.4, -0.2) is 66.2 Å². The number of hydrogen-bond acceptors (Lipinski definition) is 6. The van der Waals surface area contributed by atoms with E-state index in [1.807, 2.05) is 58.8 Å². The van der Waals surface area contributed by atoms with E-state index in [0.717, 1.165) is 59.0 Å². The van der Waals surface area contributed by atoms with Gasteiger partial charge in [-0.25, -0.2) is 19.6 Å². The zero-order valence-electron chi connectivity index (χ0n) is 36.9. The Balaban J connectivity index is 0.950. The third-order valence-electron chi connectivity index (χ3n) is 13.1. The minimum atomic E-state index is -0.580. The summed E-state index contributed by atoms with van der Waals surface area (Å²) in [6, 6.07) is 22.0. The number of H-pyrrole nitrogens is 2. The number of nitrogens with one attached hydrogen (secondary N) is 2.